The van der Waals surface area contributed by atoms with Gasteiger partial charge in [-0.1, -0.05) is 11.2 Å². The van der Waals surface area contributed by atoms with Gasteiger partial charge in [0.25, 0.3) is 5.89 Å². The Morgan fingerprint density at radius 2 is 2.07 bits per heavy atom. The molecule has 136 valence electrons. The highest BCUT2D eigenvalue weighted by Gasteiger charge is 2.14. The molecule has 0 bridgehead atoms. The molecule has 0 radical (unpaired) electrons. The van der Waals surface area contributed by atoms with Crippen LogP contribution in [0.15, 0.2) is 41.1 Å². The van der Waals surface area contributed by atoms with Crippen molar-refractivity contribution in [2.45, 2.75) is 20.3 Å². The zero-order chi connectivity index (χ0) is 19.0. The summed E-state index contributed by atoms with van der Waals surface area (Å²) in [4.78, 5) is 16.6. The minimum atomic E-state index is -0.414. The topological polar surface area (TPSA) is 98.2 Å². The van der Waals surface area contributed by atoms with Crippen LogP contribution in [0.2, 0.25) is 0 Å². The molecule has 3 aromatic heterocycles. The number of halogens is 1. The van der Waals surface area contributed by atoms with Crippen LogP contribution in [0.4, 0.5) is 10.1 Å². The van der Waals surface area contributed by atoms with Crippen LogP contribution >= 0.6 is 0 Å². The van der Waals surface area contributed by atoms with E-state index in [0.29, 0.717) is 34.4 Å². The number of hydrogen-bond donors (Lipinski definition) is 1. The molecule has 0 aliphatic heterocycles. The molecule has 1 N–H and O–H groups in total. The quantitative estimate of drug-likeness (QED) is 0.596. The molecular formula is C18H15FN6O2. The van der Waals surface area contributed by atoms with Gasteiger partial charge in [0.1, 0.15) is 11.6 Å². The van der Waals surface area contributed by atoms with Crippen LogP contribution in [-0.2, 0) is 11.2 Å². The highest BCUT2D eigenvalue weighted by molar-refractivity contribution is 5.92. The maximum atomic E-state index is 13.4. The van der Waals surface area contributed by atoms with Crippen LogP contribution in [0, 0.1) is 19.7 Å². The first-order valence-corrected chi connectivity index (χ1v) is 8.20. The number of nitrogens with zero attached hydrogens (tertiary/aromatic N) is 5. The molecule has 1 aromatic carbocycles. The van der Waals surface area contributed by atoms with Crippen molar-refractivity contribution in [3.63, 3.8) is 0 Å². The zero-order valence-electron chi connectivity index (χ0n) is 14.6. The molecule has 0 saturated carbocycles. The molecule has 0 aliphatic carbocycles. The summed E-state index contributed by atoms with van der Waals surface area (Å²) in [6, 6.07) is 7.77. The number of carbonyl (C=O) groups is 1. The van der Waals surface area contributed by atoms with Gasteiger partial charge in [-0.15, -0.1) is 10.2 Å². The van der Waals surface area contributed by atoms with Crippen LogP contribution in [-0.4, -0.2) is 30.6 Å². The minimum Gasteiger partial charge on any atom is -0.334 e. The van der Waals surface area contributed by atoms with E-state index in [9.17, 15) is 9.18 Å². The number of anilines is 1. The first-order chi connectivity index (χ1) is 13.0. The molecule has 9 heteroatoms. The number of rotatable bonds is 4. The summed E-state index contributed by atoms with van der Waals surface area (Å²) in [5.41, 5.74) is 2.46. The standard InChI is InChI=1S/C18H15FN6O2/c1-10-3-5-13(19)7-14(10)21-17(26)8-16-23-22-15-6-4-12(9-25(15)16)18-20-11(2)24-27-18/h3-7,9H,8H2,1-2H3,(H,21,26). The summed E-state index contributed by atoms with van der Waals surface area (Å²) in [6.45, 7) is 3.52. The number of nitrogens with one attached hydrogen (secondary N) is 1. The third kappa shape index (κ3) is 3.39. The lowest BCUT2D eigenvalue weighted by atomic mass is 10.2. The second-order valence-electron chi connectivity index (χ2n) is 6.09. The van der Waals surface area contributed by atoms with Gasteiger partial charge in [-0.2, -0.15) is 4.98 Å². The summed E-state index contributed by atoms with van der Waals surface area (Å²) in [5, 5.41) is 14.6. The fraction of sp³-hybridized carbons (Fsp3) is 0.167. The van der Waals surface area contributed by atoms with Gasteiger partial charge in [0.05, 0.1) is 12.0 Å². The summed E-state index contributed by atoms with van der Waals surface area (Å²) in [7, 11) is 0. The van der Waals surface area contributed by atoms with Crippen LogP contribution < -0.4 is 5.32 Å². The number of pyridine rings is 1. The number of benzene rings is 1. The zero-order valence-corrected chi connectivity index (χ0v) is 14.6. The number of amides is 1. The Labute approximate surface area is 153 Å². The van der Waals surface area contributed by atoms with E-state index in [0.717, 1.165) is 5.56 Å². The third-order valence-corrected chi connectivity index (χ3v) is 4.04. The first kappa shape index (κ1) is 16.8. The fourth-order valence-electron chi connectivity index (χ4n) is 2.67. The lowest BCUT2D eigenvalue weighted by Crippen LogP contribution is -2.17. The van der Waals surface area contributed by atoms with Gasteiger partial charge < -0.3 is 9.84 Å². The molecule has 4 rings (SSSR count). The summed E-state index contributed by atoms with van der Waals surface area (Å²) in [5.74, 6) is 0.600. The molecule has 27 heavy (non-hydrogen) atoms. The Hall–Kier alpha value is -3.62. The Bertz CT molecular complexity index is 1150. The monoisotopic (exact) mass is 366 g/mol. The summed E-state index contributed by atoms with van der Waals surface area (Å²) >= 11 is 0. The average Bonchev–Trinajstić information content (AvgIpc) is 3.24. The van der Waals surface area contributed by atoms with Gasteiger partial charge in [0, 0.05) is 11.9 Å². The van der Waals surface area contributed by atoms with Crippen molar-refractivity contribution in [3.8, 4) is 11.5 Å². The molecule has 4 aromatic rings. The SMILES string of the molecule is Cc1noc(-c2ccc3nnc(CC(=O)Nc4cc(F)ccc4C)n3c2)n1. The van der Waals surface area contributed by atoms with Gasteiger partial charge in [-0.3, -0.25) is 9.20 Å². The summed E-state index contributed by atoms with van der Waals surface area (Å²) in [6.07, 6.45) is 1.71. The predicted octanol–water partition coefficient (Wildman–Crippen LogP) is 2.72. The number of aromatic nitrogens is 5. The second kappa shape index (κ2) is 6.60. The van der Waals surface area contributed by atoms with E-state index < -0.39 is 5.82 Å². The number of hydrogen-bond acceptors (Lipinski definition) is 6. The largest absolute Gasteiger partial charge is 0.334 e. The molecule has 0 aliphatic rings. The van der Waals surface area contributed by atoms with Crippen LogP contribution in [0.1, 0.15) is 17.2 Å². The van der Waals surface area contributed by atoms with Gasteiger partial charge >= 0.3 is 0 Å². The van der Waals surface area contributed by atoms with E-state index in [1.807, 2.05) is 0 Å². The van der Waals surface area contributed by atoms with E-state index in [1.54, 1.807) is 42.6 Å². The van der Waals surface area contributed by atoms with Gasteiger partial charge in [-0.05, 0) is 43.7 Å². The van der Waals surface area contributed by atoms with Gasteiger partial charge in [-0.25, -0.2) is 4.39 Å². The van der Waals surface area contributed by atoms with Gasteiger partial charge in [0.2, 0.25) is 5.91 Å². The fourth-order valence-corrected chi connectivity index (χ4v) is 2.67. The Balaban J connectivity index is 1.60. The molecule has 1 amide bonds. The number of carbonyl (C=O) groups excluding carboxylic acids is 1. The van der Waals surface area contributed by atoms with E-state index >= 15 is 0 Å². The van der Waals surface area contributed by atoms with Crippen molar-refractivity contribution in [2.75, 3.05) is 5.32 Å². The maximum Gasteiger partial charge on any atom is 0.259 e. The molecular weight excluding hydrogens is 351 g/mol. The van der Waals surface area contributed by atoms with Crippen molar-refractivity contribution in [1.29, 1.82) is 0 Å². The van der Waals surface area contributed by atoms with E-state index in [4.69, 9.17) is 4.52 Å². The highest BCUT2D eigenvalue weighted by Crippen LogP contribution is 2.19. The Kier molecular flexibility index (Phi) is 4.11. The van der Waals surface area contributed by atoms with Crippen molar-refractivity contribution >= 4 is 17.2 Å². The minimum absolute atomic E-state index is 0.0244. The lowest BCUT2D eigenvalue weighted by Gasteiger charge is -2.08. The van der Waals surface area contributed by atoms with Crippen molar-refractivity contribution in [1.82, 2.24) is 24.7 Å². The molecule has 0 saturated heterocycles. The molecule has 0 unspecified atom stereocenters. The molecule has 0 atom stereocenters. The van der Waals surface area contributed by atoms with Crippen LogP contribution in [0.5, 0.6) is 0 Å². The van der Waals surface area contributed by atoms with Crippen molar-refractivity contribution in [3.05, 3.63) is 59.6 Å². The van der Waals surface area contributed by atoms with Gasteiger partial charge in [0.15, 0.2) is 11.5 Å². The normalized spacial score (nSPS) is 11.1. The molecule has 0 spiro atoms. The number of aryl methyl sites for hydroxylation is 2. The predicted molar refractivity (Wildman–Crippen MR) is 94.5 cm³/mol. The average molecular weight is 366 g/mol. The molecule has 3 heterocycles. The Morgan fingerprint density at radius 1 is 1.22 bits per heavy atom. The van der Waals surface area contributed by atoms with Crippen molar-refractivity contribution in [2.24, 2.45) is 0 Å². The Morgan fingerprint density at radius 3 is 2.85 bits per heavy atom. The molecule has 0 fully saturated rings. The van der Waals surface area contributed by atoms with Crippen LogP contribution in [0.25, 0.3) is 17.1 Å². The number of fused-ring (bicyclic) bond motifs is 1. The van der Waals surface area contributed by atoms with Crippen LogP contribution in [0.3, 0.4) is 0 Å². The van der Waals surface area contributed by atoms with Crippen molar-refractivity contribution < 1.29 is 13.7 Å². The second-order valence-corrected chi connectivity index (χ2v) is 6.09. The van der Waals surface area contributed by atoms with E-state index in [2.05, 4.69) is 25.7 Å². The summed E-state index contributed by atoms with van der Waals surface area (Å²) < 4.78 is 20.3. The lowest BCUT2D eigenvalue weighted by molar-refractivity contribution is -0.115. The van der Waals surface area contributed by atoms with E-state index in [1.165, 1.54) is 12.1 Å². The third-order valence-electron chi connectivity index (χ3n) is 4.04. The maximum absolute atomic E-state index is 13.4. The highest BCUT2D eigenvalue weighted by atomic mass is 19.1. The van der Waals surface area contributed by atoms with E-state index in [-0.39, 0.29) is 12.3 Å². The molecule has 8 nitrogen and oxygen atoms in total. The first-order valence-electron chi connectivity index (χ1n) is 8.20. The smallest absolute Gasteiger partial charge is 0.259 e.